The lowest BCUT2D eigenvalue weighted by Gasteiger charge is -2.40. The Balaban J connectivity index is 2.01. The van der Waals surface area contributed by atoms with E-state index in [1.165, 1.54) is 5.56 Å². The Kier molecular flexibility index (Phi) is 6.23. The van der Waals surface area contributed by atoms with Gasteiger partial charge in [0.15, 0.2) is 0 Å². The predicted octanol–water partition coefficient (Wildman–Crippen LogP) is 3.50. The van der Waals surface area contributed by atoms with Crippen LogP contribution in [0.15, 0.2) is 24.3 Å². The maximum absolute atomic E-state index is 12.8. The van der Waals surface area contributed by atoms with Gasteiger partial charge in [0.2, 0.25) is 5.91 Å². The van der Waals surface area contributed by atoms with Crippen LogP contribution in [0.5, 0.6) is 0 Å². The zero-order chi connectivity index (χ0) is 17.7. The molecule has 0 atom stereocenters. The monoisotopic (exact) mass is 331 g/mol. The summed E-state index contributed by atoms with van der Waals surface area (Å²) < 4.78 is 0. The number of carbonyl (C=O) groups is 2. The lowest BCUT2D eigenvalue weighted by molar-refractivity contribution is -0.130. The minimum atomic E-state index is -0.0597. The molecular weight excluding hydrogens is 302 g/mol. The van der Waals surface area contributed by atoms with Crippen LogP contribution in [0.4, 0.5) is 10.5 Å². The molecule has 0 spiro atoms. The van der Waals surface area contributed by atoms with E-state index in [9.17, 15) is 9.59 Å². The molecule has 5 nitrogen and oxygen atoms in total. The van der Waals surface area contributed by atoms with E-state index in [1.807, 2.05) is 47.9 Å². The molecule has 2 rings (SSSR count). The Bertz CT molecular complexity index is 560. The smallest absolute Gasteiger partial charge is 0.322 e. The summed E-state index contributed by atoms with van der Waals surface area (Å²) >= 11 is 0. The van der Waals surface area contributed by atoms with Crippen molar-refractivity contribution in [3.8, 4) is 0 Å². The summed E-state index contributed by atoms with van der Waals surface area (Å²) in [5.41, 5.74) is 2.08. The van der Waals surface area contributed by atoms with Crippen LogP contribution < -0.4 is 5.32 Å². The van der Waals surface area contributed by atoms with Crippen LogP contribution in [0.3, 0.4) is 0 Å². The van der Waals surface area contributed by atoms with Gasteiger partial charge in [0.25, 0.3) is 0 Å². The third-order valence-electron chi connectivity index (χ3n) is 4.71. The first-order valence-corrected chi connectivity index (χ1v) is 8.86. The Morgan fingerprint density at radius 2 is 1.79 bits per heavy atom. The highest BCUT2D eigenvalue weighted by Gasteiger charge is 2.30. The average molecular weight is 331 g/mol. The Hall–Kier alpha value is -2.04. The minimum Gasteiger partial charge on any atom is -0.343 e. The SMILES string of the molecule is CCc1ccc(NC(=O)N(C(C)C)C2CCN(C(C)=O)CC2)cc1. The molecular formula is C19H29N3O2. The summed E-state index contributed by atoms with van der Waals surface area (Å²) in [5.74, 6) is 0.116. The molecule has 0 aliphatic carbocycles. The molecule has 132 valence electrons. The molecule has 1 aliphatic heterocycles. The number of carbonyl (C=O) groups excluding carboxylic acids is 2. The van der Waals surface area contributed by atoms with Crippen molar-refractivity contribution in [1.82, 2.24) is 9.80 Å². The lowest BCUT2D eigenvalue weighted by atomic mass is 10.0. The summed E-state index contributed by atoms with van der Waals surface area (Å²) in [6.45, 7) is 9.24. The van der Waals surface area contributed by atoms with Crippen LogP contribution in [0.2, 0.25) is 0 Å². The second kappa shape index (κ2) is 8.18. The number of nitrogens with zero attached hydrogens (tertiary/aromatic N) is 2. The minimum absolute atomic E-state index is 0.0597. The fourth-order valence-electron chi connectivity index (χ4n) is 3.29. The van der Waals surface area contributed by atoms with E-state index in [1.54, 1.807) is 6.92 Å². The van der Waals surface area contributed by atoms with Crippen molar-refractivity contribution in [1.29, 1.82) is 0 Å². The number of likely N-dealkylation sites (tertiary alicyclic amines) is 1. The van der Waals surface area contributed by atoms with E-state index in [0.29, 0.717) is 0 Å². The summed E-state index contributed by atoms with van der Waals surface area (Å²) in [5, 5.41) is 3.01. The van der Waals surface area contributed by atoms with Crippen molar-refractivity contribution in [3.63, 3.8) is 0 Å². The lowest BCUT2D eigenvalue weighted by Crippen LogP contribution is -2.52. The number of hydrogen-bond acceptors (Lipinski definition) is 2. The zero-order valence-electron chi connectivity index (χ0n) is 15.2. The van der Waals surface area contributed by atoms with Crippen LogP contribution in [0, 0.1) is 0 Å². The summed E-state index contributed by atoms with van der Waals surface area (Å²) in [6, 6.07) is 8.22. The Morgan fingerprint density at radius 3 is 2.25 bits per heavy atom. The molecule has 5 heteroatoms. The third-order valence-corrected chi connectivity index (χ3v) is 4.71. The molecule has 1 N–H and O–H groups in total. The molecule has 3 amide bonds. The van der Waals surface area contributed by atoms with E-state index in [4.69, 9.17) is 0 Å². The normalized spacial score (nSPS) is 15.5. The second-order valence-corrected chi connectivity index (χ2v) is 6.72. The fraction of sp³-hybridized carbons (Fsp3) is 0.579. The van der Waals surface area contributed by atoms with Crippen LogP contribution in [-0.2, 0) is 11.2 Å². The molecule has 0 radical (unpaired) electrons. The van der Waals surface area contributed by atoms with Gasteiger partial charge in [-0.2, -0.15) is 0 Å². The number of aryl methyl sites for hydroxylation is 1. The van der Waals surface area contributed by atoms with Gasteiger partial charge in [-0.15, -0.1) is 0 Å². The summed E-state index contributed by atoms with van der Waals surface area (Å²) in [7, 11) is 0. The van der Waals surface area contributed by atoms with Gasteiger partial charge in [0.05, 0.1) is 0 Å². The second-order valence-electron chi connectivity index (χ2n) is 6.72. The number of benzene rings is 1. The quantitative estimate of drug-likeness (QED) is 0.918. The van der Waals surface area contributed by atoms with E-state index in [-0.39, 0.29) is 24.0 Å². The van der Waals surface area contributed by atoms with E-state index >= 15 is 0 Å². The maximum Gasteiger partial charge on any atom is 0.322 e. The third kappa shape index (κ3) is 4.49. The highest BCUT2D eigenvalue weighted by molar-refractivity contribution is 5.89. The number of nitrogens with one attached hydrogen (secondary N) is 1. The topological polar surface area (TPSA) is 52.7 Å². The highest BCUT2D eigenvalue weighted by Crippen LogP contribution is 2.21. The zero-order valence-corrected chi connectivity index (χ0v) is 15.2. The van der Waals surface area contributed by atoms with Gasteiger partial charge >= 0.3 is 6.03 Å². The number of urea groups is 1. The molecule has 1 aromatic carbocycles. The molecule has 0 bridgehead atoms. The van der Waals surface area contributed by atoms with E-state index in [2.05, 4.69) is 12.2 Å². The molecule has 0 aromatic heterocycles. The van der Waals surface area contributed by atoms with Gasteiger partial charge < -0.3 is 15.1 Å². The number of piperidine rings is 1. The summed E-state index contributed by atoms with van der Waals surface area (Å²) in [4.78, 5) is 28.0. The van der Waals surface area contributed by atoms with Gasteiger partial charge in [-0.3, -0.25) is 4.79 Å². The molecule has 1 heterocycles. The van der Waals surface area contributed by atoms with Crippen LogP contribution in [-0.4, -0.2) is 46.9 Å². The van der Waals surface area contributed by atoms with Gasteiger partial charge in [0, 0.05) is 37.8 Å². The highest BCUT2D eigenvalue weighted by atomic mass is 16.2. The molecule has 1 saturated heterocycles. The number of anilines is 1. The van der Waals surface area contributed by atoms with Gasteiger partial charge in [-0.1, -0.05) is 19.1 Å². The molecule has 1 aliphatic rings. The fourth-order valence-corrected chi connectivity index (χ4v) is 3.29. The maximum atomic E-state index is 12.8. The van der Waals surface area contributed by atoms with Gasteiger partial charge in [-0.25, -0.2) is 4.79 Å². The first kappa shape index (κ1) is 18.3. The molecule has 24 heavy (non-hydrogen) atoms. The molecule has 0 unspecified atom stereocenters. The van der Waals surface area contributed by atoms with E-state index < -0.39 is 0 Å². The number of hydrogen-bond donors (Lipinski definition) is 1. The predicted molar refractivity (Wildman–Crippen MR) is 97.1 cm³/mol. The number of rotatable bonds is 4. The van der Waals surface area contributed by atoms with Crippen LogP contribution in [0.1, 0.15) is 46.1 Å². The van der Waals surface area contributed by atoms with Crippen molar-refractivity contribution in [3.05, 3.63) is 29.8 Å². The van der Waals surface area contributed by atoms with Crippen molar-refractivity contribution < 1.29 is 9.59 Å². The van der Waals surface area contributed by atoms with Crippen LogP contribution in [0.25, 0.3) is 0 Å². The molecule has 0 saturated carbocycles. The first-order valence-electron chi connectivity index (χ1n) is 8.86. The van der Waals surface area contributed by atoms with Crippen molar-refractivity contribution in [2.24, 2.45) is 0 Å². The summed E-state index contributed by atoms with van der Waals surface area (Å²) in [6.07, 6.45) is 2.65. The standard InChI is InChI=1S/C19H29N3O2/c1-5-16-6-8-17(9-7-16)20-19(24)22(14(2)3)18-10-12-21(13-11-18)15(4)23/h6-9,14,18H,5,10-13H2,1-4H3,(H,20,24). The van der Waals surface area contributed by atoms with Crippen molar-refractivity contribution >= 4 is 17.6 Å². The Labute approximate surface area is 145 Å². The number of amides is 3. The van der Waals surface area contributed by atoms with Gasteiger partial charge in [-0.05, 0) is 50.8 Å². The van der Waals surface area contributed by atoms with Crippen molar-refractivity contribution in [2.75, 3.05) is 18.4 Å². The average Bonchev–Trinajstić information content (AvgIpc) is 2.56. The molecule has 1 fully saturated rings. The van der Waals surface area contributed by atoms with Crippen LogP contribution >= 0.6 is 0 Å². The van der Waals surface area contributed by atoms with Gasteiger partial charge in [0.1, 0.15) is 0 Å². The molecule has 1 aromatic rings. The Morgan fingerprint density at radius 1 is 1.21 bits per heavy atom. The first-order chi connectivity index (χ1) is 11.4. The largest absolute Gasteiger partial charge is 0.343 e. The van der Waals surface area contributed by atoms with E-state index in [0.717, 1.165) is 38.0 Å². The van der Waals surface area contributed by atoms with Crippen molar-refractivity contribution in [2.45, 2.75) is 59.0 Å².